The highest BCUT2D eigenvalue weighted by Crippen LogP contribution is 2.33. The summed E-state index contributed by atoms with van der Waals surface area (Å²) in [6.45, 7) is 0.745. The topological polar surface area (TPSA) is 34.1 Å². The number of alkyl halides is 2. The molecule has 0 N–H and O–H groups in total. The molecule has 0 radical (unpaired) electrons. The Morgan fingerprint density at radius 2 is 1.38 bits per heavy atom. The summed E-state index contributed by atoms with van der Waals surface area (Å²) in [7, 11) is 0. The van der Waals surface area contributed by atoms with Gasteiger partial charge in [-0.05, 0) is 35.4 Å². The molecule has 0 aliphatic rings. The highest BCUT2D eigenvalue weighted by Gasteiger charge is 2.28. The fourth-order valence-corrected chi connectivity index (χ4v) is 3.17. The van der Waals surface area contributed by atoms with E-state index >= 15 is 0 Å². The fraction of sp³-hybridized carbons (Fsp3) is 0.200. The predicted molar refractivity (Wildman–Crippen MR) is 94.4 cm³/mol. The third-order valence-electron chi connectivity index (χ3n) is 4.30. The summed E-state index contributed by atoms with van der Waals surface area (Å²) in [4.78, 5) is 23.8. The van der Waals surface area contributed by atoms with Crippen molar-refractivity contribution < 1.29 is 13.2 Å². The third kappa shape index (κ3) is 3.58. The number of benzene rings is 2. The zero-order valence-electron chi connectivity index (χ0n) is 13.8. The normalized spacial score (nSPS) is 11.9. The average Bonchev–Trinajstić information content (AvgIpc) is 2.59. The smallest absolute Gasteiger partial charge is 0.271 e. The Morgan fingerprint density at radius 3 is 1.92 bits per heavy atom. The Morgan fingerprint density at radius 1 is 0.885 bits per heavy atom. The van der Waals surface area contributed by atoms with Crippen molar-refractivity contribution in [3.63, 3.8) is 0 Å². The lowest BCUT2D eigenvalue weighted by Crippen LogP contribution is -2.40. The van der Waals surface area contributed by atoms with Crippen LogP contribution in [0.2, 0.25) is 5.02 Å². The summed E-state index contributed by atoms with van der Waals surface area (Å²) in [5.74, 6) is -3.51. The zero-order chi connectivity index (χ0) is 19.1. The maximum Gasteiger partial charge on any atom is 0.271 e. The molecule has 3 aromatic carbocycles. The van der Waals surface area contributed by atoms with Crippen LogP contribution in [0, 0.1) is 5.82 Å². The van der Waals surface area contributed by atoms with E-state index in [9.17, 15) is 22.8 Å². The highest BCUT2D eigenvalue weighted by atomic mass is 35.5. The van der Waals surface area contributed by atoms with Crippen LogP contribution in [0.3, 0.4) is 0 Å². The molecule has 0 aromatic heterocycles. The van der Waals surface area contributed by atoms with Gasteiger partial charge in [-0.25, -0.2) is 13.2 Å². The third-order valence-corrected chi connectivity index (χ3v) is 4.63. The van der Waals surface area contributed by atoms with Crippen LogP contribution in [0.1, 0.15) is 34.7 Å². The van der Waals surface area contributed by atoms with Crippen LogP contribution < -0.4 is 10.9 Å². The molecule has 134 valence electrons. The second-order valence-electron chi connectivity index (χ2n) is 6.30. The van der Waals surface area contributed by atoms with E-state index in [-0.39, 0.29) is 23.4 Å². The van der Waals surface area contributed by atoms with Crippen LogP contribution in [-0.2, 0) is 18.8 Å². The molecule has 3 rings (SSSR count). The first-order chi connectivity index (χ1) is 12.2. The van der Waals surface area contributed by atoms with Gasteiger partial charge in [0.25, 0.3) is 5.92 Å². The van der Waals surface area contributed by atoms with Gasteiger partial charge in [-0.2, -0.15) is 0 Å². The lowest BCUT2D eigenvalue weighted by Gasteiger charge is -2.15. The molecule has 0 saturated carbocycles. The van der Waals surface area contributed by atoms with Crippen molar-refractivity contribution in [1.29, 1.82) is 0 Å². The van der Waals surface area contributed by atoms with Crippen LogP contribution in [0.4, 0.5) is 13.2 Å². The van der Waals surface area contributed by atoms with Gasteiger partial charge in [0, 0.05) is 41.5 Å². The molecule has 26 heavy (non-hydrogen) atoms. The minimum absolute atomic E-state index is 0.0576. The zero-order valence-corrected chi connectivity index (χ0v) is 14.5. The minimum Gasteiger partial charge on any atom is -0.285 e. The van der Waals surface area contributed by atoms with E-state index in [1.807, 2.05) is 0 Å². The van der Waals surface area contributed by atoms with Crippen molar-refractivity contribution >= 4 is 11.6 Å². The summed E-state index contributed by atoms with van der Waals surface area (Å²) >= 11 is 5.82. The standard InChI is InChI=1S/C20H14ClF3O2/c1-20(23,24)16-10-12(4-7-17(16)21)9-15-14(18(25)19(15)26)8-11-2-5-13(22)6-3-11/h2-7,10H,8-9H2,1H3. The molecule has 0 bridgehead atoms. The maximum absolute atomic E-state index is 13.6. The molecule has 2 nitrogen and oxygen atoms in total. The number of halogens is 4. The predicted octanol–water partition coefficient (Wildman–Crippen LogP) is 4.37. The van der Waals surface area contributed by atoms with E-state index in [1.165, 1.54) is 36.4 Å². The van der Waals surface area contributed by atoms with Gasteiger partial charge < -0.3 is 0 Å². The Labute approximate surface area is 152 Å². The molecule has 0 atom stereocenters. The van der Waals surface area contributed by atoms with Crippen molar-refractivity contribution in [3.8, 4) is 0 Å². The van der Waals surface area contributed by atoms with E-state index in [0.717, 1.165) is 6.92 Å². The molecule has 6 heteroatoms. The van der Waals surface area contributed by atoms with Crippen LogP contribution in [0.5, 0.6) is 0 Å². The Balaban J connectivity index is 1.90. The van der Waals surface area contributed by atoms with Gasteiger partial charge in [-0.3, -0.25) is 9.59 Å². The van der Waals surface area contributed by atoms with E-state index < -0.39 is 22.6 Å². The Bertz CT molecular complexity index is 1030. The summed E-state index contributed by atoms with van der Waals surface area (Å²) in [6.07, 6.45) is 0.270. The lowest BCUT2D eigenvalue weighted by molar-refractivity contribution is 0.0175. The second-order valence-corrected chi connectivity index (χ2v) is 6.71. The molecular weight excluding hydrogens is 365 g/mol. The van der Waals surface area contributed by atoms with Gasteiger partial charge in [0.2, 0.25) is 10.9 Å². The van der Waals surface area contributed by atoms with Crippen LogP contribution >= 0.6 is 11.6 Å². The van der Waals surface area contributed by atoms with Gasteiger partial charge in [-0.15, -0.1) is 0 Å². The number of hydrogen-bond acceptors (Lipinski definition) is 2. The van der Waals surface area contributed by atoms with Crippen LogP contribution in [0.15, 0.2) is 52.1 Å². The van der Waals surface area contributed by atoms with Gasteiger partial charge in [-0.1, -0.05) is 29.8 Å². The molecule has 0 saturated heterocycles. The first-order valence-corrected chi connectivity index (χ1v) is 8.27. The molecule has 0 unspecified atom stereocenters. The molecule has 0 aliphatic carbocycles. The lowest BCUT2D eigenvalue weighted by atomic mass is 9.89. The Kier molecular flexibility index (Phi) is 4.76. The Hall–Kier alpha value is -2.40. The largest absolute Gasteiger partial charge is 0.285 e. The van der Waals surface area contributed by atoms with Crippen molar-refractivity contribution in [2.24, 2.45) is 0 Å². The fourth-order valence-electron chi connectivity index (χ4n) is 2.89. The van der Waals surface area contributed by atoms with E-state index in [2.05, 4.69) is 0 Å². The van der Waals surface area contributed by atoms with E-state index in [4.69, 9.17) is 11.6 Å². The summed E-state index contributed by atoms with van der Waals surface area (Å²) in [5, 5.41) is -0.0576. The SMILES string of the molecule is CC(F)(F)c1cc(Cc2c(Cc3ccc(F)cc3)c(=O)c2=O)ccc1Cl. The maximum atomic E-state index is 13.6. The van der Waals surface area contributed by atoms with Crippen molar-refractivity contribution in [1.82, 2.24) is 0 Å². The highest BCUT2D eigenvalue weighted by molar-refractivity contribution is 6.31. The van der Waals surface area contributed by atoms with E-state index in [0.29, 0.717) is 22.3 Å². The first kappa shape index (κ1) is 18.4. The average molecular weight is 379 g/mol. The van der Waals surface area contributed by atoms with Gasteiger partial charge in [0.1, 0.15) is 5.82 Å². The number of hydrogen-bond donors (Lipinski definition) is 0. The van der Waals surface area contributed by atoms with Crippen molar-refractivity contribution in [3.05, 3.63) is 102 Å². The van der Waals surface area contributed by atoms with Crippen LogP contribution in [0.25, 0.3) is 0 Å². The minimum atomic E-state index is -3.11. The summed E-state index contributed by atoms with van der Waals surface area (Å²) < 4.78 is 40.2. The summed E-state index contributed by atoms with van der Waals surface area (Å²) in [6, 6.07) is 9.78. The van der Waals surface area contributed by atoms with Gasteiger partial charge >= 0.3 is 0 Å². The number of rotatable bonds is 5. The van der Waals surface area contributed by atoms with Gasteiger partial charge in [0.15, 0.2) is 0 Å². The first-order valence-electron chi connectivity index (χ1n) is 7.89. The molecule has 0 aliphatic heterocycles. The second kappa shape index (κ2) is 6.72. The summed E-state index contributed by atoms with van der Waals surface area (Å²) in [5.41, 5.74) is 0.278. The van der Waals surface area contributed by atoms with Crippen molar-refractivity contribution in [2.45, 2.75) is 25.7 Å². The van der Waals surface area contributed by atoms with Gasteiger partial charge in [0.05, 0.1) is 0 Å². The monoisotopic (exact) mass is 378 g/mol. The van der Waals surface area contributed by atoms with Crippen LogP contribution in [-0.4, -0.2) is 0 Å². The molecular formula is C20H14ClF3O2. The quantitative estimate of drug-likeness (QED) is 0.618. The molecule has 3 aromatic rings. The molecule has 0 spiro atoms. The molecule has 0 heterocycles. The molecule has 0 amide bonds. The molecule has 0 fully saturated rings. The van der Waals surface area contributed by atoms with Crippen molar-refractivity contribution in [2.75, 3.05) is 0 Å². The van der Waals surface area contributed by atoms with E-state index in [1.54, 1.807) is 6.07 Å².